The van der Waals surface area contributed by atoms with E-state index in [4.69, 9.17) is 16.3 Å². The summed E-state index contributed by atoms with van der Waals surface area (Å²) in [5.41, 5.74) is 1.35. The van der Waals surface area contributed by atoms with Crippen LogP contribution < -0.4 is 5.32 Å². The summed E-state index contributed by atoms with van der Waals surface area (Å²) in [4.78, 5) is 16.7. The number of hydrogen-bond donors (Lipinski definition) is 1. The number of benzene rings is 1. The van der Waals surface area contributed by atoms with Gasteiger partial charge in [0, 0.05) is 23.9 Å². The lowest BCUT2D eigenvalue weighted by Crippen LogP contribution is -2.23. The molecule has 1 fully saturated rings. The van der Waals surface area contributed by atoms with Gasteiger partial charge in [0.25, 0.3) is 5.91 Å². The van der Waals surface area contributed by atoms with Gasteiger partial charge >= 0.3 is 0 Å². The number of rotatable bonds is 4. The first-order valence-corrected chi connectivity index (χ1v) is 9.85. The third-order valence-electron chi connectivity index (χ3n) is 4.61. The molecule has 1 atom stereocenters. The quantitative estimate of drug-likeness (QED) is 0.645. The summed E-state index contributed by atoms with van der Waals surface area (Å²) in [6, 6.07) is 10.6. The minimum absolute atomic E-state index is 0.0233. The summed E-state index contributed by atoms with van der Waals surface area (Å²) < 4.78 is 21.5. The van der Waals surface area contributed by atoms with Gasteiger partial charge in [-0.25, -0.2) is 9.37 Å². The summed E-state index contributed by atoms with van der Waals surface area (Å²) in [6.07, 6.45) is 4.62. The fraction of sp³-hybridized carbons (Fsp3) is 0.227. The fourth-order valence-electron chi connectivity index (χ4n) is 3.14. The molecule has 30 heavy (non-hydrogen) atoms. The number of nitrogens with zero attached hydrogens (tertiary/aromatic N) is 3. The lowest BCUT2D eigenvalue weighted by atomic mass is 10.2. The highest BCUT2D eigenvalue weighted by Crippen LogP contribution is 2.21. The smallest absolute Gasteiger partial charge is 0.276 e. The van der Waals surface area contributed by atoms with Gasteiger partial charge in [0.2, 0.25) is 0 Å². The average Bonchev–Trinajstić information content (AvgIpc) is 3.39. The van der Waals surface area contributed by atoms with Crippen molar-refractivity contribution in [2.75, 3.05) is 11.9 Å². The van der Waals surface area contributed by atoms with E-state index in [1.165, 1.54) is 23.1 Å². The molecule has 0 bridgehead atoms. The van der Waals surface area contributed by atoms with Gasteiger partial charge < -0.3 is 10.1 Å². The first kappa shape index (κ1) is 20.1. The van der Waals surface area contributed by atoms with E-state index < -0.39 is 11.7 Å². The van der Waals surface area contributed by atoms with Gasteiger partial charge in [0.15, 0.2) is 11.6 Å². The third-order valence-corrected chi connectivity index (χ3v) is 4.89. The second kappa shape index (κ2) is 9.08. The second-order valence-corrected chi connectivity index (χ2v) is 7.19. The van der Waals surface area contributed by atoms with E-state index in [2.05, 4.69) is 27.2 Å². The first-order chi connectivity index (χ1) is 14.6. The minimum atomic E-state index is -0.690. The molecule has 3 heterocycles. The van der Waals surface area contributed by atoms with Gasteiger partial charge in [-0.3, -0.25) is 9.48 Å². The molecule has 1 aliphatic heterocycles. The van der Waals surface area contributed by atoms with Crippen LogP contribution in [0.2, 0.25) is 5.02 Å². The number of pyridine rings is 1. The largest absolute Gasteiger partial charge is 0.376 e. The maximum atomic E-state index is 14.5. The highest BCUT2D eigenvalue weighted by molar-refractivity contribution is 6.34. The van der Waals surface area contributed by atoms with Crippen molar-refractivity contribution in [2.24, 2.45) is 0 Å². The van der Waals surface area contributed by atoms with Gasteiger partial charge in [0.05, 0.1) is 23.9 Å². The Bertz CT molecular complexity index is 1120. The van der Waals surface area contributed by atoms with Crippen LogP contribution in [-0.2, 0) is 11.3 Å². The molecule has 3 aromatic rings. The maximum Gasteiger partial charge on any atom is 0.276 e. The standard InChI is InChI=1S/C22H18ClFN4O2/c23-18-13-26-28(14-17-7-4-10-30-17)20(18)22(29)27-21-19(24)11-16(12-25-21)9-8-15-5-2-1-3-6-15/h1-3,5-6,11-13,17H,4,7,10,14H2,(H,25,27,29). The van der Waals surface area contributed by atoms with Gasteiger partial charge in [-0.1, -0.05) is 41.6 Å². The molecule has 1 amide bonds. The van der Waals surface area contributed by atoms with E-state index in [-0.39, 0.29) is 22.6 Å². The maximum absolute atomic E-state index is 14.5. The number of ether oxygens (including phenoxy) is 1. The van der Waals surface area contributed by atoms with Crippen molar-refractivity contribution in [1.29, 1.82) is 0 Å². The molecule has 2 aromatic heterocycles. The number of carbonyl (C=O) groups excluding carboxylic acids is 1. The summed E-state index contributed by atoms with van der Waals surface area (Å²) in [7, 11) is 0. The van der Waals surface area contributed by atoms with E-state index in [0.29, 0.717) is 18.7 Å². The van der Waals surface area contributed by atoms with E-state index in [9.17, 15) is 9.18 Å². The van der Waals surface area contributed by atoms with Crippen molar-refractivity contribution < 1.29 is 13.9 Å². The molecule has 1 N–H and O–H groups in total. The molecule has 1 aromatic carbocycles. The Labute approximate surface area is 178 Å². The minimum Gasteiger partial charge on any atom is -0.376 e. The molecule has 1 unspecified atom stereocenters. The van der Waals surface area contributed by atoms with Crippen molar-refractivity contribution in [3.05, 3.63) is 76.5 Å². The molecular formula is C22H18ClFN4O2. The normalized spacial score (nSPS) is 15.5. The van der Waals surface area contributed by atoms with Crippen LogP contribution in [0.3, 0.4) is 0 Å². The van der Waals surface area contributed by atoms with Crippen LogP contribution in [0.1, 0.15) is 34.5 Å². The van der Waals surface area contributed by atoms with Crippen LogP contribution in [0, 0.1) is 17.7 Å². The lowest BCUT2D eigenvalue weighted by Gasteiger charge is -2.13. The van der Waals surface area contributed by atoms with E-state index >= 15 is 0 Å². The molecule has 0 aliphatic carbocycles. The Balaban J connectivity index is 1.49. The molecular weight excluding hydrogens is 407 g/mol. The van der Waals surface area contributed by atoms with Crippen LogP contribution in [0.4, 0.5) is 10.2 Å². The lowest BCUT2D eigenvalue weighted by molar-refractivity contribution is 0.0903. The van der Waals surface area contributed by atoms with Gasteiger partial charge in [0.1, 0.15) is 5.69 Å². The monoisotopic (exact) mass is 424 g/mol. The molecule has 1 aliphatic rings. The van der Waals surface area contributed by atoms with E-state index in [0.717, 1.165) is 18.4 Å². The number of nitrogens with one attached hydrogen (secondary N) is 1. The van der Waals surface area contributed by atoms with Gasteiger partial charge in [-0.2, -0.15) is 5.10 Å². The fourth-order valence-corrected chi connectivity index (χ4v) is 3.37. The number of carbonyl (C=O) groups is 1. The Hall–Kier alpha value is -3.21. The zero-order valence-corrected chi connectivity index (χ0v) is 16.7. The Kier molecular flexibility index (Phi) is 6.07. The molecule has 0 saturated carbocycles. The predicted octanol–water partition coefficient (Wildman–Crippen LogP) is 3.90. The van der Waals surface area contributed by atoms with Crippen LogP contribution >= 0.6 is 11.6 Å². The van der Waals surface area contributed by atoms with Gasteiger partial charge in [-0.05, 0) is 31.0 Å². The van der Waals surface area contributed by atoms with Crippen molar-refractivity contribution in [3.8, 4) is 11.8 Å². The Morgan fingerprint density at radius 1 is 1.27 bits per heavy atom. The Morgan fingerprint density at radius 2 is 2.07 bits per heavy atom. The molecule has 1 saturated heterocycles. The van der Waals surface area contributed by atoms with E-state index in [1.807, 2.05) is 30.3 Å². The highest BCUT2D eigenvalue weighted by atomic mass is 35.5. The number of amides is 1. The second-order valence-electron chi connectivity index (χ2n) is 6.78. The SMILES string of the molecule is O=C(Nc1ncc(C#Cc2ccccc2)cc1F)c1c(Cl)cnn1CC1CCCO1. The summed E-state index contributed by atoms with van der Waals surface area (Å²) >= 11 is 6.14. The van der Waals surface area contributed by atoms with Crippen LogP contribution in [-0.4, -0.2) is 33.4 Å². The van der Waals surface area contributed by atoms with Crippen molar-refractivity contribution in [2.45, 2.75) is 25.5 Å². The number of anilines is 1. The van der Waals surface area contributed by atoms with Crippen molar-refractivity contribution in [3.63, 3.8) is 0 Å². The molecule has 152 valence electrons. The summed E-state index contributed by atoms with van der Waals surface area (Å²) in [6.45, 7) is 1.09. The van der Waals surface area contributed by atoms with Crippen molar-refractivity contribution in [1.82, 2.24) is 14.8 Å². The molecule has 4 rings (SSSR count). The summed E-state index contributed by atoms with van der Waals surface area (Å²) in [5.74, 6) is 4.30. The zero-order chi connectivity index (χ0) is 20.9. The molecule has 6 nitrogen and oxygen atoms in total. The average molecular weight is 425 g/mol. The molecule has 0 radical (unpaired) electrons. The van der Waals surface area contributed by atoms with Gasteiger partial charge in [-0.15, -0.1) is 0 Å². The molecule has 8 heteroatoms. The number of hydrogen-bond acceptors (Lipinski definition) is 4. The van der Waals surface area contributed by atoms with Crippen LogP contribution in [0.25, 0.3) is 0 Å². The highest BCUT2D eigenvalue weighted by Gasteiger charge is 2.23. The predicted molar refractivity (Wildman–Crippen MR) is 111 cm³/mol. The van der Waals surface area contributed by atoms with Crippen molar-refractivity contribution >= 4 is 23.3 Å². The summed E-state index contributed by atoms with van der Waals surface area (Å²) in [5, 5.41) is 6.78. The van der Waals surface area contributed by atoms with Crippen LogP contribution in [0.5, 0.6) is 0 Å². The Morgan fingerprint density at radius 3 is 2.80 bits per heavy atom. The van der Waals surface area contributed by atoms with Crippen LogP contribution in [0.15, 0.2) is 48.8 Å². The zero-order valence-electron chi connectivity index (χ0n) is 15.9. The first-order valence-electron chi connectivity index (χ1n) is 9.47. The van der Waals surface area contributed by atoms with E-state index in [1.54, 1.807) is 0 Å². The number of aromatic nitrogens is 3. The third kappa shape index (κ3) is 4.67. The molecule has 0 spiro atoms. The topological polar surface area (TPSA) is 69.0 Å². The number of halogens is 2.